The Morgan fingerprint density at radius 2 is 2.33 bits per heavy atom. The van der Waals surface area contributed by atoms with Gasteiger partial charge in [0.15, 0.2) is 0 Å². The van der Waals surface area contributed by atoms with Gasteiger partial charge in [0, 0.05) is 6.04 Å². The lowest BCUT2D eigenvalue weighted by molar-refractivity contribution is 0.255. The zero-order valence-corrected chi connectivity index (χ0v) is 7.76. The van der Waals surface area contributed by atoms with Gasteiger partial charge in [0.1, 0.15) is 0 Å². The van der Waals surface area contributed by atoms with Crippen LogP contribution in [0.4, 0.5) is 0 Å². The van der Waals surface area contributed by atoms with E-state index in [4.69, 9.17) is 5.84 Å². The zero-order valence-electron chi connectivity index (χ0n) is 7.76. The summed E-state index contributed by atoms with van der Waals surface area (Å²) in [6.07, 6.45) is 9.66. The van der Waals surface area contributed by atoms with Crippen LogP contribution in [0.1, 0.15) is 38.5 Å². The topological polar surface area (TPSA) is 38.0 Å². The van der Waals surface area contributed by atoms with Gasteiger partial charge in [-0.05, 0) is 25.2 Å². The maximum absolute atomic E-state index is 5.46. The minimum atomic E-state index is 0.508. The van der Waals surface area contributed by atoms with Gasteiger partial charge >= 0.3 is 0 Å². The molecule has 0 aromatic carbocycles. The fraction of sp³-hybridized carbons (Fsp3) is 0.800. The lowest BCUT2D eigenvalue weighted by Gasteiger charge is -2.29. The summed E-state index contributed by atoms with van der Waals surface area (Å²) in [7, 11) is 0. The molecule has 0 bridgehead atoms. The Morgan fingerprint density at radius 3 is 2.75 bits per heavy atom. The fourth-order valence-corrected chi connectivity index (χ4v) is 1.72. The van der Waals surface area contributed by atoms with Gasteiger partial charge in [-0.15, -0.1) is 6.58 Å². The number of rotatable bonds is 6. The molecule has 1 atom stereocenters. The van der Waals surface area contributed by atoms with Crippen LogP contribution < -0.4 is 11.3 Å². The SMILES string of the molecule is C=CCCC(CC1CCC1)NN. The molecular weight excluding hydrogens is 148 g/mol. The van der Waals surface area contributed by atoms with E-state index in [1.54, 1.807) is 0 Å². The van der Waals surface area contributed by atoms with Crippen molar-refractivity contribution < 1.29 is 0 Å². The number of allylic oxidation sites excluding steroid dienone is 1. The molecule has 1 aliphatic carbocycles. The molecule has 2 nitrogen and oxygen atoms in total. The molecule has 0 amide bonds. The molecule has 0 spiro atoms. The average molecular weight is 168 g/mol. The van der Waals surface area contributed by atoms with Crippen molar-refractivity contribution in [3.8, 4) is 0 Å². The monoisotopic (exact) mass is 168 g/mol. The van der Waals surface area contributed by atoms with E-state index in [-0.39, 0.29) is 0 Å². The van der Waals surface area contributed by atoms with Crippen molar-refractivity contribution in [2.45, 2.75) is 44.6 Å². The summed E-state index contributed by atoms with van der Waals surface area (Å²) in [5, 5.41) is 0. The molecule has 12 heavy (non-hydrogen) atoms. The second kappa shape index (κ2) is 5.33. The minimum Gasteiger partial charge on any atom is -0.271 e. The predicted molar refractivity (Wildman–Crippen MR) is 52.5 cm³/mol. The highest BCUT2D eigenvalue weighted by Gasteiger charge is 2.20. The molecule has 0 saturated heterocycles. The van der Waals surface area contributed by atoms with E-state index in [2.05, 4.69) is 12.0 Å². The highest BCUT2D eigenvalue weighted by atomic mass is 15.2. The van der Waals surface area contributed by atoms with Crippen LogP contribution in [-0.4, -0.2) is 6.04 Å². The van der Waals surface area contributed by atoms with Crippen LogP contribution in [-0.2, 0) is 0 Å². The molecule has 1 aliphatic rings. The molecule has 2 heteroatoms. The molecular formula is C10H20N2. The molecule has 1 unspecified atom stereocenters. The fourth-order valence-electron chi connectivity index (χ4n) is 1.72. The third-order valence-electron chi connectivity index (χ3n) is 2.80. The highest BCUT2D eigenvalue weighted by molar-refractivity contribution is 4.78. The summed E-state index contributed by atoms with van der Waals surface area (Å²) in [4.78, 5) is 0. The van der Waals surface area contributed by atoms with Crippen molar-refractivity contribution in [2.24, 2.45) is 11.8 Å². The first-order valence-corrected chi connectivity index (χ1v) is 4.94. The molecule has 1 fully saturated rings. The molecule has 0 heterocycles. The summed E-state index contributed by atoms with van der Waals surface area (Å²) < 4.78 is 0. The lowest BCUT2D eigenvalue weighted by atomic mass is 9.80. The van der Waals surface area contributed by atoms with Crippen molar-refractivity contribution >= 4 is 0 Å². The molecule has 0 aliphatic heterocycles. The Hall–Kier alpha value is -0.340. The third kappa shape index (κ3) is 2.95. The second-order valence-corrected chi connectivity index (χ2v) is 3.76. The van der Waals surface area contributed by atoms with E-state index in [0.717, 1.165) is 18.8 Å². The zero-order chi connectivity index (χ0) is 8.81. The van der Waals surface area contributed by atoms with Crippen LogP contribution >= 0.6 is 0 Å². The van der Waals surface area contributed by atoms with Gasteiger partial charge in [0.25, 0.3) is 0 Å². The van der Waals surface area contributed by atoms with Gasteiger partial charge in [0.05, 0.1) is 0 Å². The first kappa shape index (κ1) is 9.75. The summed E-state index contributed by atoms with van der Waals surface area (Å²) in [6, 6.07) is 0.508. The van der Waals surface area contributed by atoms with Gasteiger partial charge in [-0.3, -0.25) is 11.3 Å². The van der Waals surface area contributed by atoms with Gasteiger partial charge < -0.3 is 0 Å². The molecule has 0 radical (unpaired) electrons. The van der Waals surface area contributed by atoms with Crippen molar-refractivity contribution in [1.82, 2.24) is 5.43 Å². The Balaban J connectivity index is 2.10. The van der Waals surface area contributed by atoms with Gasteiger partial charge in [0.2, 0.25) is 0 Å². The van der Waals surface area contributed by atoms with E-state index >= 15 is 0 Å². The van der Waals surface area contributed by atoms with Crippen LogP contribution in [0.25, 0.3) is 0 Å². The van der Waals surface area contributed by atoms with Crippen LogP contribution in [0, 0.1) is 5.92 Å². The number of hydrazine groups is 1. The van der Waals surface area contributed by atoms with Crippen LogP contribution in [0.3, 0.4) is 0 Å². The smallest absolute Gasteiger partial charge is 0.0216 e. The highest BCUT2D eigenvalue weighted by Crippen LogP contribution is 2.31. The average Bonchev–Trinajstić information content (AvgIpc) is 2.02. The molecule has 70 valence electrons. The Bertz CT molecular complexity index is 130. The lowest BCUT2D eigenvalue weighted by Crippen LogP contribution is -2.37. The predicted octanol–water partition coefficient (Wildman–Crippen LogP) is 1.97. The number of hydrogen-bond donors (Lipinski definition) is 2. The van der Waals surface area contributed by atoms with E-state index in [1.165, 1.54) is 25.7 Å². The Labute approximate surface area is 75.2 Å². The molecule has 3 N–H and O–H groups in total. The third-order valence-corrected chi connectivity index (χ3v) is 2.80. The summed E-state index contributed by atoms with van der Waals surface area (Å²) >= 11 is 0. The maximum Gasteiger partial charge on any atom is 0.0216 e. The van der Waals surface area contributed by atoms with Crippen LogP contribution in [0.5, 0.6) is 0 Å². The molecule has 0 aromatic heterocycles. The summed E-state index contributed by atoms with van der Waals surface area (Å²) in [6.45, 7) is 3.71. The van der Waals surface area contributed by atoms with E-state index in [1.807, 2.05) is 6.08 Å². The van der Waals surface area contributed by atoms with Crippen molar-refractivity contribution in [1.29, 1.82) is 0 Å². The van der Waals surface area contributed by atoms with E-state index in [9.17, 15) is 0 Å². The Morgan fingerprint density at radius 1 is 1.58 bits per heavy atom. The molecule has 0 aromatic rings. The second-order valence-electron chi connectivity index (χ2n) is 3.76. The van der Waals surface area contributed by atoms with Gasteiger partial charge in [-0.25, -0.2) is 0 Å². The Kier molecular flexibility index (Phi) is 4.33. The molecule has 1 saturated carbocycles. The number of nitrogens with two attached hydrogens (primary N) is 1. The maximum atomic E-state index is 5.46. The first-order chi connectivity index (χ1) is 5.86. The van der Waals surface area contributed by atoms with E-state index in [0.29, 0.717) is 6.04 Å². The molecule has 1 rings (SSSR count). The summed E-state index contributed by atoms with van der Waals surface area (Å²) in [5.74, 6) is 6.40. The van der Waals surface area contributed by atoms with Gasteiger partial charge in [-0.1, -0.05) is 25.3 Å². The standard InChI is InChI=1S/C10H20N2/c1-2-3-7-10(12-11)8-9-5-4-6-9/h2,9-10,12H,1,3-8,11H2. The minimum absolute atomic E-state index is 0.508. The first-order valence-electron chi connectivity index (χ1n) is 4.94. The quantitative estimate of drug-likeness (QED) is 0.361. The normalized spacial score (nSPS) is 20.1. The number of hydrogen-bond acceptors (Lipinski definition) is 2. The van der Waals surface area contributed by atoms with E-state index < -0.39 is 0 Å². The summed E-state index contributed by atoms with van der Waals surface area (Å²) in [5.41, 5.74) is 2.89. The largest absolute Gasteiger partial charge is 0.271 e. The van der Waals surface area contributed by atoms with Crippen molar-refractivity contribution in [3.05, 3.63) is 12.7 Å². The van der Waals surface area contributed by atoms with Gasteiger partial charge in [-0.2, -0.15) is 0 Å². The van der Waals surface area contributed by atoms with Crippen LogP contribution in [0.2, 0.25) is 0 Å². The van der Waals surface area contributed by atoms with Crippen molar-refractivity contribution in [2.75, 3.05) is 0 Å². The number of nitrogens with one attached hydrogen (secondary N) is 1. The van der Waals surface area contributed by atoms with Crippen LogP contribution in [0.15, 0.2) is 12.7 Å². The van der Waals surface area contributed by atoms with Crippen molar-refractivity contribution in [3.63, 3.8) is 0 Å².